The van der Waals surface area contributed by atoms with E-state index in [9.17, 15) is 8.42 Å². The third-order valence-corrected chi connectivity index (χ3v) is 4.91. The molecule has 0 spiro atoms. The minimum absolute atomic E-state index is 0.0306. The Hall–Kier alpha value is -1.22. The summed E-state index contributed by atoms with van der Waals surface area (Å²) in [5, 5.41) is 0. The van der Waals surface area contributed by atoms with Gasteiger partial charge in [0.25, 0.3) is 0 Å². The Morgan fingerprint density at radius 2 is 2.26 bits per heavy atom. The second-order valence-electron chi connectivity index (χ2n) is 4.56. The highest BCUT2D eigenvalue weighted by molar-refractivity contribution is 7.89. The summed E-state index contributed by atoms with van der Waals surface area (Å²) < 4.78 is 32.4. The molecule has 8 heteroatoms. The lowest BCUT2D eigenvalue weighted by molar-refractivity contribution is -0.0659. The molecular formula is C11H18N4O3S. The van der Waals surface area contributed by atoms with Gasteiger partial charge in [0, 0.05) is 19.9 Å². The summed E-state index contributed by atoms with van der Waals surface area (Å²) in [5.41, 5.74) is 1.91. The van der Waals surface area contributed by atoms with E-state index in [1.54, 1.807) is 13.2 Å². The number of nitrogens with one attached hydrogen (secondary N) is 2. The van der Waals surface area contributed by atoms with Gasteiger partial charge < -0.3 is 10.2 Å². The van der Waals surface area contributed by atoms with Crippen molar-refractivity contribution in [2.75, 3.05) is 19.1 Å². The number of nitrogens with zero attached hydrogens (tertiary/aromatic N) is 1. The van der Waals surface area contributed by atoms with E-state index in [4.69, 9.17) is 10.6 Å². The summed E-state index contributed by atoms with van der Waals surface area (Å²) >= 11 is 0. The zero-order chi connectivity index (χ0) is 13.9. The molecule has 0 saturated heterocycles. The van der Waals surface area contributed by atoms with Gasteiger partial charge in [-0.15, -0.1) is 0 Å². The number of sulfonamides is 1. The number of aromatic nitrogens is 1. The Balaban J connectivity index is 2.14. The first-order valence-electron chi connectivity index (χ1n) is 5.99. The van der Waals surface area contributed by atoms with Crippen LogP contribution in [0.5, 0.6) is 0 Å². The van der Waals surface area contributed by atoms with Crippen LogP contribution in [0, 0.1) is 0 Å². The molecule has 0 amide bonds. The molecule has 1 saturated carbocycles. The van der Waals surface area contributed by atoms with Gasteiger partial charge in [-0.05, 0) is 31.4 Å². The smallest absolute Gasteiger partial charge is 0.244 e. The molecule has 0 unspecified atom stereocenters. The second-order valence-corrected chi connectivity index (χ2v) is 6.30. The Labute approximate surface area is 112 Å². The molecule has 0 bridgehead atoms. The first-order chi connectivity index (χ1) is 9.03. The van der Waals surface area contributed by atoms with E-state index < -0.39 is 10.0 Å². The summed E-state index contributed by atoms with van der Waals surface area (Å²) in [6.45, 7) is 0.255. The molecule has 1 heterocycles. The highest BCUT2D eigenvalue weighted by atomic mass is 32.2. The van der Waals surface area contributed by atoms with Crippen LogP contribution in [0.1, 0.15) is 19.3 Å². The highest BCUT2D eigenvalue weighted by Crippen LogP contribution is 2.34. The monoisotopic (exact) mass is 286 g/mol. The molecule has 0 aromatic carbocycles. The molecule has 19 heavy (non-hydrogen) atoms. The molecule has 7 nitrogen and oxygen atoms in total. The maximum absolute atomic E-state index is 12.2. The van der Waals surface area contributed by atoms with E-state index in [2.05, 4.69) is 15.1 Å². The van der Waals surface area contributed by atoms with Crippen LogP contribution in [0.4, 0.5) is 5.82 Å². The summed E-state index contributed by atoms with van der Waals surface area (Å²) in [6.07, 6.45) is 4.25. The van der Waals surface area contributed by atoms with Crippen LogP contribution < -0.4 is 16.0 Å². The normalized spacial score (nSPS) is 17.8. The van der Waals surface area contributed by atoms with Gasteiger partial charge in [-0.2, -0.15) is 0 Å². The number of hydrazine groups is 1. The summed E-state index contributed by atoms with van der Waals surface area (Å²) in [5.74, 6) is 5.38. The van der Waals surface area contributed by atoms with Crippen molar-refractivity contribution in [1.82, 2.24) is 9.71 Å². The van der Waals surface area contributed by atoms with E-state index in [-0.39, 0.29) is 22.9 Å². The summed E-state index contributed by atoms with van der Waals surface area (Å²) in [6, 6.07) is 3.00. The van der Waals surface area contributed by atoms with Crippen LogP contribution in [-0.4, -0.2) is 32.7 Å². The molecule has 106 valence electrons. The van der Waals surface area contributed by atoms with E-state index in [1.807, 2.05) is 0 Å². The fraction of sp³-hybridized carbons (Fsp3) is 0.545. The first-order valence-corrected chi connectivity index (χ1v) is 7.48. The van der Waals surface area contributed by atoms with Crippen molar-refractivity contribution in [3.63, 3.8) is 0 Å². The molecular weight excluding hydrogens is 268 g/mol. The number of pyridine rings is 1. The molecule has 1 aromatic heterocycles. The quantitative estimate of drug-likeness (QED) is 0.510. The molecule has 0 atom stereocenters. The molecule has 1 aromatic rings. The van der Waals surface area contributed by atoms with Gasteiger partial charge in [-0.3, -0.25) is 0 Å². The molecule has 1 aliphatic rings. The van der Waals surface area contributed by atoms with Crippen LogP contribution in [-0.2, 0) is 14.8 Å². The van der Waals surface area contributed by atoms with Crippen molar-refractivity contribution in [2.45, 2.75) is 29.8 Å². The average molecular weight is 286 g/mol. The van der Waals surface area contributed by atoms with Gasteiger partial charge in [0.1, 0.15) is 4.90 Å². The molecule has 2 rings (SSSR count). The SMILES string of the molecule is COC1(CNS(=O)(=O)c2cccnc2NN)CCC1. The molecule has 0 aliphatic heterocycles. The van der Waals surface area contributed by atoms with Gasteiger partial charge in [0.15, 0.2) is 5.82 Å². The lowest BCUT2D eigenvalue weighted by Crippen LogP contribution is -2.49. The van der Waals surface area contributed by atoms with Gasteiger partial charge >= 0.3 is 0 Å². The van der Waals surface area contributed by atoms with Crippen molar-refractivity contribution in [1.29, 1.82) is 0 Å². The number of hydrogen-bond donors (Lipinski definition) is 3. The zero-order valence-electron chi connectivity index (χ0n) is 10.7. The second kappa shape index (κ2) is 5.41. The number of rotatable bonds is 6. The topological polar surface area (TPSA) is 106 Å². The standard InChI is InChI=1S/C11H18N4O3S/c1-18-11(5-3-6-11)8-14-19(16,17)9-4-2-7-13-10(9)15-12/h2,4,7,14H,3,5-6,8,12H2,1H3,(H,13,15). The Bertz CT molecular complexity index is 537. The number of ether oxygens (including phenoxy) is 1. The van der Waals surface area contributed by atoms with E-state index in [1.165, 1.54) is 12.3 Å². The lowest BCUT2D eigenvalue weighted by Gasteiger charge is -2.40. The van der Waals surface area contributed by atoms with Crippen LogP contribution >= 0.6 is 0 Å². The lowest BCUT2D eigenvalue weighted by atomic mass is 9.80. The summed E-state index contributed by atoms with van der Waals surface area (Å²) in [7, 11) is -2.06. The summed E-state index contributed by atoms with van der Waals surface area (Å²) in [4.78, 5) is 3.91. The van der Waals surface area contributed by atoms with Crippen LogP contribution in [0.2, 0.25) is 0 Å². The van der Waals surface area contributed by atoms with Crippen LogP contribution in [0.3, 0.4) is 0 Å². The molecule has 4 N–H and O–H groups in total. The van der Waals surface area contributed by atoms with Gasteiger partial charge in [0.2, 0.25) is 10.0 Å². The maximum Gasteiger partial charge on any atom is 0.244 e. The molecule has 1 aliphatic carbocycles. The predicted octanol–water partition coefficient (Wildman–Crippen LogP) is 0.215. The Morgan fingerprint density at radius 3 is 2.79 bits per heavy atom. The fourth-order valence-electron chi connectivity index (χ4n) is 2.04. The van der Waals surface area contributed by atoms with E-state index >= 15 is 0 Å². The minimum atomic E-state index is -3.66. The van der Waals surface area contributed by atoms with Crippen molar-refractivity contribution in [2.24, 2.45) is 5.84 Å². The van der Waals surface area contributed by atoms with Gasteiger partial charge in [-0.1, -0.05) is 0 Å². The Morgan fingerprint density at radius 1 is 1.53 bits per heavy atom. The fourth-order valence-corrected chi connectivity index (χ4v) is 3.28. The highest BCUT2D eigenvalue weighted by Gasteiger charge is 2.38. The Kier molecular flexibility index (Phi) is 4.04. The van der Waals surface area contributed by atoms with Crippen molar-refractivity contribution < 1.29 is 13.2 Å². The van der Waals surface area contributed by atoms with Crippen LogP contribution in [0.25, 0.3) is 0 Å². The number of nitrogen functional groups attached to an aromatic ring is 1. The zero-order valence-corrected chi connectivity index (χ0v) is 11.5. The number of anilines is 1. The van der Waals surface area contributed by atoms with E-state index in [0.29, 0.717) is 0 Å². The number of hydrogen-bond acceptors (Lipinski definition) is 6. The predicted molar refractivity (Wildman–Crippen MR) is 70.8 cm³/mol. The third kappa shape index (κ3) is 2.86. The maximum atomic E-state index is 12.2. The van der Waals surface area contributed by atoms with Crippen molar-refractivity contribution in [3.8, 4) is 0 Å². The van der Waals surface area contributed by atoms with Gasteiger partial charge in [0.05, 0.1) is 5.60 Å². The van der Waals surface area contributed by atoms with Crippen LogP contribution in [0.15, 0.2) is 23.2 Å². The largest absolute Gasteiger partial charge is 0.377 e. The minimum Gasteiger partial charge on any atom is -0.377 e. The van der Waals surface area contributed by atoms with Gasteiger partial charge in [-0.25, -0.2) is 24.0 Å². The van der Waals surface area contributed by atoms with Crippen molar-refractivity contribution in [3.05, 3.63) is 18.3 Å². The molecule has 0 radical (unpaired) electrons. The first kappa shape index (κ1) is 14.2. The van der Waals surface area contributed by atoms with Crippen molar-refractivity contribution >= 4 is 15.8 Å². The van der Waals surface area contributed by atoms with E-state index in [0.717, 1.165) is 19.3 Å². The molecule has 1 fully saturated rings. The number of methoxy groups -OCH3 is 1. The number of nitrogens with two attached hydrogens (primary N) is 1. The average Bonchev–Trinajstić information content (AvgIpc) is 2.38. The third-order valence-electron chi connectivity index (χ3n) is 3.48.